The summed E-state index contributed by atoms with van der Waals surface area (Å²) in [6.07, 6.45) is 4.75. The summed E-state index contributed by atoms with van der Waals surface area (Å²) in [4.78, 5) is 28.0. The maximum absolute atomic E-state index is 13.6. The minimum atomic E-state index is -0.329. The molecule has 0 atom stereocenters. The number of thioether (sulfide) groups is 1. The molecule has 12 heteroatoms. The van der Waals surface area contributed by atoms with E-state index in [1.165, 1.54) is 11.2 Å². The van der Waals surface area contributed by atoms with Crippen LogP contribution >= 0.6 is 23.4 Å². The number of rotatable bonds is 11. The Morgan fingerprint density at radius 2 is 1.80 bits per heavy atom. The van der Waals surface area contributed by atoms with Crippen LogP contribution in [0.4, 0.5) is 5.69 Å². The van der Waals surface area contributed by atoms with E-state index in [1.54, 1.807) is 69.0 Å². The molecule has 230 valence electrons. The van der Waals surface area contributed by atoms with Crippen LogP contribution < -0.4 is 19.5 Å². The van der Waals surface area contributed by atoms with Crippen LogP contribution in [-0.4, -0.2) is 48.9 Å². The average Bonchev–Trinajstić information content (AvgIpc) is 3.66. The summed E-state index contributed by atoms with van der Waals surface area (Å²) in [5, 5.41) is 12.2. The number of nitrogens with zero attached hydrogens (tertiary/aromatic N) is 3. The molecule has 2 amide bonds. The van der Waals surface area contributed by atoms with Crippen LogP contribution in [0.25, 0.3) is 6.08 Å². The Hall–Kier alpha value is -5.00. The molecule has 2 heterocycles. The highest BCUT2D eigenvalue weighted by Gasteiger charge is 2.34. The predicted octanol–water partition coefficient (Wildman–Crippen LogP) is 6.78. The molecule has 1 fully saturated rings. The van der Waals surface area contributed by atoms with E-state index < -0.39 is 0 Å². The van der Waals surface area contributed by atoms with Crippen LogP contribution in [-0.2, 0) is 16.1 Å². The molecule has 4 aromatic rings. The SMILES string of the molecule is COc1ccc(/C=N\N=C2\S/C(=C\c3cc(Cl)ccc3OCC(=O)Nc3ccc(C)cc3)C(=O)N2Cc2ccco2)cc1OC. The molecule has 0 radical (unpaired) electrons. The van der Waals surface area contributed by atoms with E-state index >= 15 is 0 Å². The number of methoxy groups -OCH3 is 2. The van der Waals surface area contributed by atoms with Crippen molar-refractivity contribution in [3.05, 3.63) is 111 Å². The van der Waals surface area contributed by atoms with E-state index in [4.69, 9.17) is 30.2 Å². The molecular formula is C33H29ClN4O6S. The van der Waals surface area contributed by atoms with Crippen LogP contribution in [0.3, 0.4) is 0 Å². The topological polar surface area (TPSA) is 115 Å². The predicted molar refractivity (Wildman–Crippen MR) is 176 cm³/mol. The molecule has 0 aliphatic carbocycles. The fraction of sp³-hybridized carbons (Fsp3) is 0.152. The molecule has 1 aromatic heterocycles. The second kappa shape index (κ2) is 14.7. The first-order chi connectivity index (χ1) is 21.8. The van der Waals surface area contributed by atoms with Gasteiger partial charge in [0.05, 0.1) is 38.1 Å². The third-order valence-corrected chi connectivity index (χ3v) is 7.72. The third kappa shape index (κ3) is 8.14. The van der Waals surface area contributed by atoms with Gasteiger partial charge in [-0.2, -0.15) is 5.10 Å². The third-order valence-electron chi connectivity index (χ3n) is 6.49. The van der Waals surface area contributed by atoms with Crippen molar-refractivity contribution in [2.75, 3.05) is 26.1 Å². The first kappa shape index (κ1) is 31.4. The summed E-state index contributed by atoms with van der Waals surface area (Å²) in [7, 11) is 3.11. The van der Waals surface area contributed by atoms with Gasteiger partial charge in [-0.3, -0.25) is 14.5 Å². The summed E-state index contributed by atoms with van der Waals surface area (Å²) in [5.41, 5.74) is 3.00. The van der Waals surface area contributed by atoms with Gasteiger partial charge < -0.3 is 23.9 Å². The summed E-state index contributed by atoms with van der Waals surface area (Å²) < 4.78 is 22.0. The Balaban J connectivity index is 1.37. The number of anilines is 1. The Morgan fingerprint density at radius 1 is 1.02 bits per heavy atom. The maximum Gasteiger partial charge on any atom is 0.267 e. The number of furan rings is 1. The number of ether oxygens (including phenoxy) is 3. The molecular weight excluding hydrogens is 616 g/mol. The normalized spacial score (nSPS) is 14.8. The first-order valence-corrected chi connectivity index (χ1v) is 14.9. The number of hydrogen-bond acceptors (Lipinski definition) is 9. The van der Waals surface area contributed by atoms with Crippen molar-refractivity contribution < 1.29 is 28.2 Å². The van der Waals surface area contributed by atoms with Gasteiger partial charge in [0.2, 0.25) is 0 Å². The van der Waals surface area contributed by atoms with Crippen LogP contribution in [0.15, 0.2) is 98.6 Å². The lowest BCUT2D eigenvalue weighted by Gasteiger charge is -2.13. The van der Waals surface area contributed by atoms with E-state index in [0.29, 0.717) is 49.4 Å². The maximum atomic E-state index is 13.6. The Kier molecular flexibility index (Phi) is 10.2. The summed E-state index contributed by atoms with van der Waals surface area (Å²) in [5.74, 6) is 1.47. The van der Waals surface area contributed by atoms with Gasteiger partial charge in [-0.1, -0.05) is 29.3 Å². The molecule has 10 nitrogen and oxygen atoms in total. The van der Waals surface area contributed by atoms with Gasteiger partial charge in [-0.15, -0.1) is 5.10 Å². The van der Waals surface area contributed by atoms with E-state index in [9.17, 15) is 9.59 Å². The molecule has 0 bridgehead atoms. The monoisotopic (exact) mass is 644 g/mol. The number of aryl methyl sites for hydroxylation is 1. The van der Waals surface area contributed by atoms with Gasteiger partial charge in [0, 0.05) is 16.3 Å². The van der Waals surface area contributed by atoms with E-state index in [1.807, 2.05) is 37.3 Å². The highest BCUT2D eigenvalue weighted by molar-refractivity contribution is 8.18. The molecule has 3 aromatic carbocycles. The molecule has 1 aliphatic heterocycles. The Bertz CT molecular complexity index is 1770. The first-order valence-electron chi connectivity index (χ1n) is 13.7. The minimum absolute atomic E-state index is 0.152. The van der Waals surface area contributed by atoms with E-state index in [0.717, 1.165) is 22.9 Å². The van der Waals surface area contributed by atoms with Gasteiger partial charge in [0.15, 0.2) is 23.3 Å². The van der Waals surface area contributed by atoms with Crippen molar-refractivity contribution in [2.45, 2.75) is 13.5 Å². The van der Waals surface area contributed by atoms with Crippen LogP contribution in [0.1, 0.15) is 22.5 Å². The Morgan fingerprint density at radius 3 is 2.53 bits per heavy atom. The highest BCUT2D eigenvalue weighted by Crippen LogP contribution is 2.36. The molecule has 1 saturated heterocycles. The van der Waals surface area contributed by atoms with Gasteiger partial charge in [-0.25, -0.2) is 0 Å². The largest absolute Gasteiger partial charge is 0.493 e. The van der Waals surface area contributed by atoms with Crippen LogP contribution in [0.5, 0.6) is 17.2 Å². The molecule has 0 saturated carbocycles. The molecule has 1 N–H and O–H groups in total. The van der Waals surface area contributed by atoms with Gasteiger partial charge in [-0.05, 0) is 91.0 Å². The quantitative estimate of drug-likeness (QED) is 0.109. The number of carbonyl (C=O) groups is 2. The van der Waals surface area contributed by atoms with Crippen molar-refractivity contribution in [1.29, 1.82) is 0 Å². The minimum Gasteiger partial charge on any atom is -0.493 e. The molecule has 5 rings (SSSR count). The number of carbonyl (C=O) groups excluding carboxylic acids is 2. The molecule has 0 unspecified atom stereocenters. The second-order valence-electron chi connectivity index (χ2n) is 9.71. The number of nitrogens with one attached hydrogen (secondary N) is 1. The number of amidine groups is 1. The highest BCUT2D eigenvalue weighted by atomic mass is 35.5. The average molecular weight is 645 g/mol. The van der Waals surface area contributed by atoms with Crippen molar-refractivity contribution in [1.82, 2.24) is 4.90 Å². The summed E-state index contributed by atoms with van der Waals surface area (Å²) >= 11 is 7.45. The zero-order valence-corrected chi connectivity index (χ0v) is 26.2. The second-order valence-corrected chi connectivity index (χ2v) is 11.2. The van der Waals surface area contributed by atoms with Crippen molar-refractivity contribution in [3.8, 4) is 17.2 Å². The number of halogens is 1. The zero-order valence-electron chi connectivity index (χ0n) is 24.7. The lowest BCUT2D eigenvalue weighted by Crippen LogP contribution is -2.28. The fourth-order valence-corrected chi connectivity index (χ4v) is 5.35. The Labute approximate surface area is 269 Å². The molecule has 45 heavy (non-hydrogen) atoms. The lowest BCUT2D eigenvalue weighted by molar-refractivity contribution is -0.122. The number of hydrogen-bond donors (Lipinski definition) is 1. The number of amides is 2. The smallest absolute Gasteiger partial charge is 0.267 e. The van der Waals surface area contributed by atoms with E-state index in [2.05, 4.69) is 15.5 Å². The van der Waals surface area contributed by atoms with Gasteiger partial charge >= 0.3 is 0 Å². The van der Waals surface area contributed by atoms with Gasteiger partial charge in [0.25, 0.3) is 11.8 Å². The van der Waals surface area contributed by atoms with Crippen LogP contribution in [0, 0.1) is 6.92 Å². The zero-order chi connectivity index (χ0) is 31.8. The molecule has 0 spiro atoms. The van der Waals surface area contributed by atoms with Crippen molar-refractivity contribution >= 4 is 58.3 Å². The molecule has 1 aliphatic rings. The van der Waals surface area contributed by atoms with Crippen LogP contribution in [0.2, 0.25) is 5.02 Å². The van der Waals surface area contributed by atoms with Crippen molar-refractivity contribution in [3.63, 3.8) is 0 Å². The standard InChI is InChI=1S/C33H29ClN4O6S/c1-21-6-10-25(11-7-21)36-31(39)20-44-27-13-9-24(34)16-23(27)17-30-32(40)38(19-26-5-4-14-43-26)33(45-30)37-35-18-22-8-12-28(41-2)29(15-22)42-3/h4-18H,19-20H2,1-3H3,(H,36,39)/b30-17-,35-18-,37-33+. The van der Waals surface area contributed by atoms with Crippen molar-refractivity contribution in [2.24, 2.45) is 10.2 Å². The summed E-state index contributed by atoms with van der Waals surface area (Å²) in [6.45, 7) is 1.88. The fourth-order valence-electron chi connectivity index (χ4n) is 4.24. The lowest BCUT2D eigenvalue weighted by atomic mass is 10.2. The number of benzene rings is 3. The van der Waals surface area contributed by atoms with Gasteiger partial charge in [0.1, 0.15) is 11.5 Å². The summed E-state index contributed by atoms with van der Waals surface area (Å²) in [6, 6.07) is 21.3. The van der Waals surface area contributed by atoms with E-state index in [-0.39, 0.29) is 25.0 Å².